The first kappa shape index (κ1) is 12.8. The van der Waals surface area contributed by atoms with Gasteiger partial charge in [0.1, 0.15) is 6.10 Å². The Morgan fingerprint density at radius 3 is 2.72 bits per heavy atom. The van der Waals surface area contributed by atoms with Gasteiger partial charge in [-0.1, -0.05) is 0 Å². The Morgan fingerprint density at radius 1 is 1.50 bits per heavy atom. The van der Waals surface area contributed by atoms with E-state index in [2.05, 4.69) is 4.98 Å². The molecule has 1 saturated carbocycles. The standard InChI is InChI=1S/C13H19N3O2/c1-16(2)13(17)10-3-4-12(15-8-10)18-11-5-9(6-11)7-14/h3-4,8-9,11H,5-7,14H2,1-2H3. The van der Waals surface area contributed by atoms with E-state index in [0.717, 1.165) is 19.4 Å². The Bertz CT molecular complexity index is 411. The molecule has 0 aromatic carbocycles. The molecule has 5 heteroatoms. The summed E-state index contributed by atoms with van der Waals surface area (Å²) >= 11 is 0. The molecule has 0 unspecified atom stereocenters. The molecule has 1 fully saturated rings. The molecule has 5 nitrogen and oxygen atoms in total. The first-order valence-electron chi connectivity index (χ1n) is 6.14. The number of aromatic nitrogens is 1. The molecular weight excluding hydrogens is 230 g/mol. The van der Waals surface area contributed by atoms with E-state index in [0.29, 0.717) is 17.4 Å². The van der Waals surface area contributed by atoms with Crippen LogP contribution in [0.5, 0.6) is 5.88 Å². The molecule has 0 atom stereocenters. The average Bonchev–Trinajstić information content (AvgIpc) is 2.33. The van der Waals surface area contributed by atoms with Crippen LogP contribution in [0, 0.1) is 5.92 Å². The molecule has 2 rings (SSSR count). The number of carbonyl (C=O) groups is 1. The van der Waals surface area contributed by atoms with Gasteiger partial charge in [0.25, 0.3) is 5.91 Å². The average molecular weight is 249 g/mol. The van der Waals surface area contributed by atoms with Crippen LogP contribution >= 0.6 is 0 Å². The second-order valence-electron chi connectivity index (χ2n) is 4.90. The maximum atomic E-state index is 11.7. The maximum Gasteiger partial charge on any atom is 0.254 e. The van der Waals surface area contributed by atoms with Crippen LogP contribution in [0.15, 0.2) is 18.3 Å². The monoisotopic (exact) mass is 249 g/mol. The minimum Gasteiger partial charge on any atom is -0.474 e. The van der Waals surface area contributed by atoms with E-state index >= 15 is 0 Å². The lowest BCUT2D eigenvalue weighted by atomic mass is 9.82. The Hall–Kier alpha value is -1.62. The Balaban J connectivity index is 1.90. The summed E-state index contributed by atoms with van der Waals surface area (Å²) in [4.78, 5) is 17.3. The number of carbonyl (C=O) groups excluding carboxylic acids is 1. The minimum absolute atomic E-state index is 0.0547. The van der Waals surface area contributed by atoms with Crippen LogP contribution < -0.4 is 10.5 Å². The Morgan fingerprint density at radius 2 is 2.22 bits per heavy atom. The molecular formula is C13H19N3O2. The molecule has 1 aromatic rings. The third-order valence-electron chi connectivity index (χ3n) is 3.20. The van der Waals surface area contributed by atoms with E-state index in [4.69, 9.17) is 10.5 Å². The maximum absolute atomic E-state index is 11.7. The molecule has 2 N–H and O–H groups in total. The van der Waals surface area contributed by atoms with Crippen molar-refractivity contribution >= 4 is 5.91 Å². The predicted molar refractivity (Wildman–Crippen MR) is 68.4 cm³/mol. The number of hydrogen-bond donors (Lipinski definition) is 1. The van der Waals surface area contributed by atoms with Crippen molar-refractivity contribution in [3.8, 4) is 5.88 Å². The van der Waals surface area contributed by atoms with E-state index in [-0.39, 0.29) is 12.0 Å². The summed E-state index contributed by atoms with van der Waals surface area (Å²) in [5.74, 6) is 1.11. The summed E-state index contributed by atoms with van der Waals surface area (Å²) in [5, 5.41) is 0. The Labute approximate surface area is 107 Å². The van der Waals surface area contributed by atoms with Gasteiger partial charge in [0.05, 0.1) is 5.56 Å². The van der Waals surface area contributed by atoms with Gasteiger partial charge in [-0.3, -0.25) is 4.79 Å². The summed E-state index contributed by atoms with van der Waals surface area (Å²) in [6, 6.07) is 3.48. The van der Waals surface area contributed by atoms with Crippen LogP contribution in [0.25, 0.3) is 0 Å². The van der Waals surface area contributed by atoms with Crippen LogP contribution in [-0.2, 0) is 0 Å². The SMILES string of the molecule is CN(C)C(=O)c1ccc(OC2CC(CN)C2)nc1. The number of rotatable bonds is 4. The van der Waals surface area contributed by atoms with Crippen molar-refractivity contribution in [1.29, 1.82) is 0 Å². The van der Waals surface area contributed by atoms with Crippen molar-refractivity contribution < 1.29 is 9.53 Å². The molecule has 0 radical (unpaired) electrons. The van der Waals surface area contributed by atoms with Crippen molar-refractivity contribution in [3.63, 3.8) is 0 Å². The first-order chi connectivity index (χ1) is 8.60. The molecule has 0 aliphatic heterocycles. The van der Waals surface area contributed by atoms with Crippen LogP contribution in [-0.4, -0.2) is 42.5 Å². The molecule has 1 aliphatic carbocycles. The predicted octanol–water partition coefficient (Wildman–Crippen LogP) is 0.899. The van der Waals surface area contributed by atoms with Crippen molar-refractivity contribution in [2.75, 3.05) is 20.6 Å². The molecule has 0 saturated heterocycles. The fourth-order valence-corrected chi connectivity index (χ4v) is 1.97. The van der Waals surface area contributed by atoms with Crippen molar-refractivity contribution in [3.05, 3.63) is 23.9 Å². The molecule has 1 heterocycles. The van der Waals surface area contributed by atoms with E-state index in [1.54, 1.807) is 32.4 Å². The van der Waals surface area contributed by atoms with Crippen molar-refractivity contribution in [1.82, 2.24) is 9.88 Å². The van der Waals surface area contributed by atoms with Crippen molar-refractivity contribution in [2.24, 2.45) is 11.7 Å². The molecule has 18 heavy (non-hydrogen) atoms. The molecule has 0 spiro atoms. The second kappa shape index (κ2) is 5.35. The number of hydrogen-bond acceptors (Lipinski definition) is 4. The topological polar surface area (TPSA) is 68.5 Å². The third kappa shape index (κ3) is 2.79. The molecule has 1 aliphatic rings. The normalized spacial score (nSPS) is 22.2. The van der Waals surface area contributed by atoms with Gasteiger partial charge in [0.15, 0.2) is 0 Å². The Kier molecular flexibility index (Phi) is 3.81. The quantitative estimate of drug-likeness (QED) is 0.860. The summed E-state index contributed by atoms with van der Waals surface area (Å²) in [6.45, 7) is 0.726. The zero-order valence-electron chi connectivity index (χ0n) is 10.8. The highest BCUT2D eigenvalue weighted by Gasteiger charge is 2.29. The molecule has 1 aromatic heterocycles. The van der Waals surface area contributed by atoms with Crippen molar-refractivity contribution in [2.45, 2.75) is 18.9 Å². The lowest BCUT2D eigenvalue weighted by Crippen LogP contribution is -2.37. The fourth-order valence-electron chi connectivity index (χ4n) is 1.97. The number of nitrogens with two attached hydrogens (primary N) is 1. The lowest BCUT2D eigenvalue weighted by Gasteiger charge is -2.34. The molecule has 98 valence electrons. The van der Waals surface area contributed by atoms with E-state index in [1.165, 1.54) is 4.90 Å². The van der Waals surface area contributed by atoms with Gasteiger partial charge in [-0.25, -0.2) is 4.98 Å². The van der Waals surface area contributed by atoms with Gasteiger partial charge in [-0.05, 0) is 31.4 Å². The van der Waals surface area contributed by atoms with Crippen LogP contribution in [0.3, 0.4) is 0 Å². The highest BCUT2D eigenvalue weighted by atomic mass is 16.5. The van der Waals surface area contributed by atoms with Crippen LogP contribution in [0.1, 0.15) is 23.2 Å². The number of amides is 1. The number of ether oxygens (including phenoxy) is 1. The smallest absolute Gasteiger partial charge is 0.254 e. The second-order valence-corrected chi connectivity index (χ2v) is 4.90. The van der Waals surface area contributed by atoms with Crippen LogP contribution in [0.2, 0.25) is 0 Å². The fraction of sp³-hybridized carbons (Fsp3) is 0.538. The van der Waals surface area contributed by atoms with Gasteiger partial charge in [-0.2, -0.15) is 0 Å². The first-order valence-corrected chi connectivity index (χ1v) is 6.14. The van der Waals surface area contributed by atoms with Gasteiger partial charge in [0.2, 0.25) is 5.88 Å². The van der Waals surface area contributed by atoms with E-state index < -0.39 is 0 Å². The van der Waals surface area contributed by atoms with Gasteiger partial charge < -0.3 is 15.4 Å². The zero-order chi connectivity index (χ0) is 13.1. The van der Waals surface area contributed by atoms with E-state index in [9.17, 15) is 4.79 Å². The zero-order valence-corrected chi connectivity index (χ0v) is 10.8. The summed E-state index contributed by atoms with van der Waals surface area (Å²) in [6.07, 6.45) is 3.77. The number of nitrogens with zero attached hydrogens (tertiary/aromatic N) is 2. The molecule has 1 amide bonds. The highest BCUT2D eigenvalue weighted by molar-refractivity contribution is 5.93. The summed E-state index contributed by atoms with van der Waals surface area (Å²) in [7, 11) is 3.43. The number of pyridine rings is 1. The van der Waals surface area contributed by atoms with Gasteiger partial charge >= 0.3 is 0 Å². The largest absolute Gasteiger partial charge is 0.474 e. The third-order valence-corrected chi connectivity index (χ3v) is 3.20. The van der Waals surface area contributed by atoms with Gasteiger partial charge in [0, 0.05) is 26.4 Å². The minimum atomic E-state index is -0.0547. The molecule has 0 bridgehead atoms. The summed E-state index contributed by atoms with van der Waals surface area (Å²) in [5.41, 5.74) is 6.13. The van der Waals surface area contributed by atoms with Crippen LogP contribution in [0.4, 0.5) is 0 Å². The van der Waals surface area contributed by atoms with Gasteiger partial charge in [-0.15, -0.1) is 0 Å². The highest BCUT2D eigenvalue weighted by Crippen LogP contribution is 2.29. The van der Waals surface area contributed by atoms with E-state index in [1.807, 2.05) is 0 Å². The summed E-state index contributed by atoms with van der Waals surface area (Å²) < 4.78 is 5.69. The lowest BCUT2D eigenvalue weighted by molar-refractivity contribution is 0.0648.